The molecule has 6 nitrogen and oxygen atoms in total. The first kappa shape index (κ1) is 17.5. The van der Waals surface area contributed by atoms with Gasteiger partial charge in [0.1, 0.15) is 11.5 Å². The van der Waals surface area contributed by atoms with Crippen LogP contribution in [0.2, 0.25) is 0 Å². The van der Waals surface area contributed by atoms with Gasteiger partial charge in [-0.3, -0.25) is 9.89 Å². The van der Waals surface area contributed by atoms with E-state index in [2.05, 4.69) is 10.2 Å². The van der Waals surface area contributed by atoms with Crippen molar-refractivity contribution < 1.29 is 14.3 Å². The van der Waals surface area contributed by atoms with Crippen molar-refractivity contribution in [2.24, 2.45) is 0 Å². The summed E-state index contributed by atoms with van der Waals surface area (Å²) in [5.74, 6) is 1.43. The predicted octanol–water partition coefficient (Wildman–Crippen LogP) is 3.37. The standard InChI is InChI=1S/C20H21N3O3/c1-23(13-14-5-4-6-17(11-14)26-3)20(24)18-12-21-22-19(18)15-7-9-16(25-2)10-8-15/h4-12H,13H2,1-3H3,(H,21,22). The quantitative estimate of drug-likeness (QED) is 0.739. The molecule has 0 unspecified atom stereocenters. The fourth-order valence-corrected chi connectivity index (χ4v) is 2.75. The van der Waals surface area contributed by atoms with Crippen LogP contribution in [0.5, 0.6) is 11.5 Å². The van der Waals surface area contributed by atoms with Crippen LogP contribution in [0, 0.1) is 0 Å². The van der Waals surface area contributed by atoms with Crippen LogP contribution in [-0.2, 0) is 6.54 Å². The molecule has 0 spiro atoms. The van der Waals surface area contributed by atoms with Crippen LogP contribution < -0.4 is 9.47 Å². The van der Waals surface area contributed by atoms with Gasteiger partial charge >= 0.3 is 0 Å². The first-order valence-electron chi connectivity index (χ1n) is 8.18. The Bertz CT molecular complexity index is 887. The lowest BCUT2D eigenvalue weighted by molar-refractivity contribution is 0.0786. The topological polar surface area (TPSA) is 67.5 Å². The van der Waals surface area contributed by atoms with E-state index < -0.39 is 0 Å². The van der Waals surface area contributed by atoms with Gasteiger partial charge in [-0.15, -0.1) is 0 Å². The molecule has 1 heterocycles. The van der Waals surface area contributed by atoms with Crippen molar-refractivity contribution in [3.05, 3.63) is 65.9 Å². The number of aromatic amines is 1. The molecule has 0 radical (unpaired) electrons. The van der Waals surface area contributed by atoms with Gasteiger partial charge in [-0.05, 0) is 42.0 Å². The normalized spacial score (nSPS) is 10.4. The third-order valence-corrected chi connectivity index (χ3v) is 4.15. The maximum atomic E-state index is 12.9. The summed E-state index contributed by atoms with van der Waals surface area (Å²) in [6.07, 6.45) is 1.56. The smallest absolute Gasteiger partial charge is 0.257 e. The maximum Gasteiger partial charge on any atom is 0.257 e. The van der Waals surface area contributed by atoms with Gasteiger partial charge in [0, 0.05) is 19.2 Å². The lowest BCUT2D eigenvalue weighted by Crippen LogP contribution is -2.26. The van der Waals surface area contributed by atoms with Gasteiger partial charge in [-0.1, -0.05) is 12.1 Å². The molecular formula is C20H21N3O3. The molecule has 0 saturated carbocycles. The van der Waals surface area contributed by atoms with E-state index in [1.807, 2.05) is 48.5 Å². The minimum absolute atomic E-state index is 0.104. The summed E-state index contributed by atoms with van der Waals surface area (Å²) in [5, 5.41) is 6.97. The molecule has 0 bridgehead atoms. The Morgan fingerprint density at radius 1 is 1.08 bits per heavy atom. The average Bonchev–Trinajstić information content (AvgIpc) is 3.17. The van der Waals surface area contributed by atoms with Crippen molar-refractivity contribution in [3.8, 4) is 22.8 Å². The second-order valence-electron chi connectivity index (χ2n) is 5.90. The van der Waals surface area contributed by atoms with E-state index in [-0.39, 0.29) is 5.91 Å². The lowest BCUT2D eigenvalue weighted by atomic mass is 10.1. The van der Waals surface area contributed by atoms with Crippen molar-refractivity contribution in [1.82, 2.24) is 15.1 Å². The summed E-state index contributed by atoms with van der Waals surface area (Å²) < 4.78 is 10.4. The molecule has 0 aliphatic rings. The molecular weight excluding hydrogens is 330 g/mol. The fraction of sp³-hybridized carbons (Fsp3) is 0.200. The number of aromatic nitrogens is 2. The van der Waals surface area contributed by atoms with E-state index in [0.717, 1.165) is 22.6 Å². The maximum absolute atomic E-state index is 12.9. The molecule has 2 aromatic carbocycles. The monoisotopic (exact) mass is 351 g/mol. The number of carbonyl (C=O) groups is 1. The van der Waals surface area contributed by atoms with Crippen molar-refractivity contribution in [3.63, 3.8) is 0 Å². The van der Waals surface area contributed by atoms with Crippen LogP contribution in [0.25, 0.3) is 11.3 Å². The molecule has 1 N–H and O–H groups in total. The Morgan fingerprint density at radius 3 is 2.50 bits per heavy atom. The molecule has 1 amide bonds. The number of nitrogens with one attached hydrogen (secondary N) is 1. The third kappa shape index (κ3) is 3.69. The number of rotatable bonds is 6. The Kier molecular flexibility index (Phi) is 5.22. The van der Waals surface area contributed by atoms with Gasteiger partial charge in [0.2, 0.25) is 0 Å². The number of ether oxygens (including phenoxy) is 2. The van der Waals surface area contributed by atoms with Crippen LogP contribution in [-0.4, -0.2) is 42.3 Å². The number of amides is 1. The van der Waals surface area contributed by atoms with E-state index in [1.54, 1.807) is 32.4 Å². The predicted molar refractivity (Wildman–Crippen MR) is 99.4 cm³/mol. The zero-order valence-electron chi connectivity index (χ0n) is 15.0. The number of hydrogen-bond acceptors (Lipinski definition) is 4. The highest BCUT2D eigenvalue weighted by Crippen LogP contribution is 2.25. The lowest BCUT2D eigenvalue weighted by Gasteiger charge is -2.17. The Balaban J connectivity index is 1.80. The fourth-order valence-electron chi connectivity index (χ4n) is 2.75. The molecule has 1 aromatic heterocycles. The molecule has 0 saturated heterocycles. The van der Waals surface area contributed by atoms with Gasteiger partial charge < -0.3 is 14.4 Å². The molecule has 3 aromatic rings. The van der Waals surface area contributed by atoms with E-state index >= 15 is 0 Å². The van der Waals surface area contributed by atoms with Crippen molar-refractivity contribution in [2.75, 3.05) is 21.3 Å². The van der Waals surface area contributed by atoms with Gasteiger partial charge in [0.15, 0.2) is 0 Å². The Morgan fingerprint density at radius 2 is 1.81 bits per heavy atom. The highest BCUT2D eigenvalue weighted by atomic mass is 16.5. The third-order valence-electron chi connectivity index (χ3n) is 4.15. The minimum Gasteiger partial charge on any atom is -0.497 e. The molecule has 0 atom stereocenters. The van der Waals surface area contributed by atoms with Gasteiger partial charge in [0.25, 0.3) is 5.91 Å². The number of nitrogens with zero attached hydrogens (tertiary/aromatic N) is 2. The summed E-state index contributed by atoms with van der Waals surface area (Å²) in [4.78, 5) is 14.6. The molecule has 0 aliphatic carbocycles. The summed E-state index contributed by atoms with van der Waals surface area (Å²) >= 11 is 0. The average molecular weight is 351 g/mol. The van der Waals surface area contributed by atoms with Crippen molar-refractivity contribution >= 4 is 5.91 Å². The van der Waals surface area contributed by atoms with Crippen LogP contribution in [0.3, 0.4) is 0 Å². The zero-order valence-corrected chi connectivity index (χ0v) is 15.0. The number of benzene rings is 2. The van der Waals surface area contributed by atoms with E-state index in [0.29, 0.717) is 17.8 Å². The molecule has 3 rings (SSSR count). The number of methoxy groups -OCH3 is 2. The van der Waals surface area contributed by atoms with Crippen LogP contribution >= 0.6 is 0 Å². The summed E-state index contributed by atoms with van der Waals surface area (Å²) in [5.41, 5.74) is 3.09. The number of carbonyl (C=O) groups excluding carboxylic acids is 1. The highest BCUT2D eigenvalue weighted by molar-refractivity contribution is 5.99. The van der Waals surface area contributed by atoms with Gasteiger partial charge in [-0.25, -0.2) is 0 Å². The highest BCUT2D eigenvalue weighted by Gasteiger charge is 2.19. The Labute approximate surface area is 152 Å². The van der Waals surface area contributed by atoms with Crippen molar-refractivity contribution in [2.45, 2.75) is 6.54 Å². The molecule has 0 fully saturated rings. The van der Waals surface area contributed by atoms with Crippen LogP contribution in [0.15, 0.2) is 54.7 Å². The summed E-state index contributed by atoms with van der Waals surface area (Å²) in [6, 6.07) is 15.2. The first-order valence-corrected chi connectivity index (χ1v) is 8.18. The largest absolute Gasteiger partial charge is 0.497 e. The SMILES string of the molecule is COc1ccc(-c2[nH]ncc2C(=O)N(C)Cc2cccc(OC)c2)cc1. The summed E-state index contributed by atoms with van der Waals surface area (Å²) in [6.45, 7) is 0.475. The van der Waals surface area contributed by atoms with Gasteiger partial charge in [-0.2, -0.15) is 5.10 Å². The number of hydrogen-bond donors (Lipinski definition) is 1. The Hall–Kier alpha value is -3.28. The molecule has 134 valence electrons. The van der Waals surface area contributed by atoms with Crippen LogP contribution in [0.4, 0.5) is 0 Å². The minimum atomic E-state index is -0.104. The summed E-state index contributed by atoms with van der Waals surface area (Å²) in [7, 11) is 5.01. The van der Waals surface area contributed by atoms with E-state index in [9.17, 15) is 4.79 Å². The van der Waals surface area contributed by atoms with Gasteiger partial charge in [0.05, 0.1) is 31.7 Å². The molecule has 26 heavy (non-hydrogen) atoms. The van der Waals surface area contributed by atoms with E-state index in [1.165, 1.54) is 0 Å². The number of H-pyrrole nitrogens is 1. The molecule has 6 heteroatoms. The second-order valence-corrected chi connectivity index (χ2v) is 5.90. The van der Waals surface area contributed by atoms with E-state index in [4.69, 9.17) is 9.47 Å². The van der Waals surface area contributed by atoms with Crippen molar-refractivity contribution in [1.29, 1.82) is 0 Å². The van der Waals surface area contributed by atoms with Crippen LogP contribution in [0.1, 0.15) is 15.9 Å². The zero-order chi connectivity index (χ0) is 18.5. The molecule has 0 aliphatic heterocycles. The first-order chi connectivity index (χ1) is 12.6. The second kappa shape index (κ2) is 7.74.